The lowest BCUT2D eigenvalue weighted by Crippen LogP contribution is -2.22. The topological polar surface area (TPSA) is 37.3 Å². The predicted molar refractivity (Wildman–Crippen MR) is 64.4 cm³/mol. The van der Waals surface area contributed by atoms with Crippen molar-refractivity contribution in [1.82, 2.24) is 0 Å². The maximum absolute atomic E-state index is 10.7. The first kappa shape index (κ1) is 12.5. The predicted octanol–water partition coefficient (Wildman–Crippen LogP) is 3.85. The summed E-state index contributed by atoms with van der Waals surface area (Å²) < 4.78 is 0.903. The molecular weight excluding hydrogens is 279 g/mol. The van der Waals surface area contributed by atoms with Gasteiger partial charge in [0.2, 0.25) is 0 Å². The lowest BCUT2D eigenvalue weighted by molar-refractivity contribution is -0.138. The average molecular weight is 292 g/mol. The van der Waals surface area contributed by atoms with Crippen molar-refractivity contribution in [1.29, 1.82) is 0 Å². The number of rotatable bonds is 3. The number of carboxylic acids is 1. The van der Waals surface area contributed by atoms with Crippen LogP contribution in [0.4, 0.5) is 0 Å². The van der Waals surface area contributed by atoms with Gasteiger partial charge in [-0.15, -0.1) is 0 Å². The minimum atomic E-state index is -0.823. The van der Waals surface area contributed by atoms with Crippen LogP contribution in [0, 0.1) is 0 Å². The molecule has 0 saturated heterocycles. The van der Waals surface area contributed by atoms with Crippen molar-refractivity contribution < 1.29 is 9.90 Å². The lowest BCUT2D eigenvalue weighted by atomic mass is 9.81. The van der Waals surface area contributed by atoms with Crippen molar-refractivity contribution in [3.8, 4) is 0 Å². The molecule has 0 aliphatic heterocycles. The van der Waals surface area contributed by atoms with Gasteiger partial charge in [0.25, 0.3) is 0 Å². The van der Waals surface area contributed by atoms with E-state index in [1.165, 1.54) is 0 Å². The summed E-state index contributed by atoms with van der Waals surface area (Å²) in [6, 6.07) is 5.47. The molecular formula is C11H12BrClO2. The fourth-order valence-electron chi connectivity index (χ4n) is 1.49. The molecule has 0 aliphatic carbocycles. The van der Waals surface area contributed by atoms with Gasteiger partial charge in [-0.3, -0.25) is 4.79 Å². The lowest BCUT2D eigenvalue weighted by Gasteiger charge is -2.24. The molecule has 82 valence electrons. The highest BCUT2D eigenvalue weighted by molar-refractivity contribution is 9.10. The Balaban J connectivity index is 3.13. The van der Waals surface area contributed by atoms with Gasteiger partial charge in [-0.1, -0.05) is 41.4 Å². The van der Waals surface area contributed by atoms with Gasteiger partial charge in [-0.2, -0.15) is 0 Å². The van der Waals surface area contributed by atoms with E-state index in [1.807, 2.05) is 26.0 Å². The Morgan fingerprint density at radius 1 is 1.53 bits per heavy atom. The maximum Gasteiger partial charge on any atom is 0.304 e. The van der Waals surface area contributed by atoms with Crippen LogP contribution in [0.3, 0.4) is 0 Å². The Morgan fingerprint density at radius 3 is 2.67 bits per heavy atom. The zero-order chi connectivity index (χ0) is 11.6. The van der Waals surface area contributed by atoms with Gasteiger partial charge >= 0.3 is 5.97 Å². The second kappa shape index (κ2) is 4.54. The fraction of sp³-hybridized carbons (Fsp3) is 0.364. The summed E-state index contributed by atoms with van der Waals surface area (Å²) in [5.74, 6) is -0.823. The molecule has 0 spiro atoms. The molecule has 0 bridgehead atoms. The van der Waals surface area contributed by atoms with Crippen molar-refractivity contribution in [3.63, 3.8) is 0 Å². The Hall–Kier alpha value is -0.540. The van der Waals surface area contributed by atoms with Gasteiger partial charge < -0.3 is 5.11 Å². The highest BCUT2D eigenvalue weighted by Crippen LogP contribution is 2.34. The summed E-state index contributed by atoms with van der Waals surface area (Å²) in [7, 11) is 0. The van der Waals surface area contributed by atoms with E-state index in [4.69, 9.17) is 16.7 Å². The van der Waals surface area contributed by atoms with E-state index in [2.05, 4.69) is 15.9 Å². The van der Waals surface area contributed by atoms with Crippen LogP contribution in [-0.2, 0) is 10.2 Å². The number of benzene rings is 1. The molecule has 1 N–H and O–H groups in total. The van der Waals surface area contributed by atoms with Crippen LogP contribution < -0.4 is 0 Å². The summed E-state index contributed by atoms with van der Waals surface area (Å²) in [6.45, 7) is 3.74. The van der Waals surface area contributed by atoms with Crippen LogP contribution in [0.5, 0.6) is 0 Å². The number of hydrogen-bond acceptors (Lipinski definition) is 1. The molecule has 0 amide bonds. The van der Waals surface area contributed by atoms with Crippen LogP contribution in [0.1, 0.15) is 25.8 Å². The molecule has 0 unspecified atom stereocenters. The van der Waals surface area contributed by atoms with E-state index < -0.39 is 11.4 Å². The van der Waals surface area contributed by atoms with Crippen molar-refractivity contribution in [2.75, 3.05) is 0 Å². The summed E-state index contributed by atoms with van der Waals surface area (Å²) in [4.78, 5) is 10.7. The third-order valence-corrected chi connectivity index (χ3v) is 3.07. The van der Waals surface area contributed by atoms with Crippen molar-refractivity contribution >= 4 is 33.5 Å². The number of carbonyl (C=O) groups is 1. The highest BCUT2D eigenvalue weighted by atomic mass is 79.9. The van der Waals surface area contributed by atoms with Gasteiger partial charge in [0.05, 0.1) is 6.42 Å². The molecule has 1 aromatic carbocycles. The summed E-state index contributed by atoms with van der Waals surface area (Å²) >= 11 is 9.40. The number of halogens is 2. The van der Waals surface area contributed by atoms with E-state index in [0.29, 0.717) is 5.02 Å². The number of hydrogen-bond donors (Lipinski definition) is 1. The molecule has 4 heteroatoms. The van der Waals surface area contributed by atoms with E-state index in [0.717, 1.165) is 10.0 Å². The molecule has 0 aliphatic rings. The largest absolute Gasteiger partial charge is 0.481 e. The van der Waals surface area contributed by atoms with E-state index in [9.17, 15) is 4.79 Å². The van der Waals surface area contributed by atoms with Gasteiger partial charge in [0.15, 0.2) is 0 Å². The van der Waals surface area contributed by atoms with Crippen molar-refractivity contribution in [2.45, 2.75) is 25.7 Å². The molecule has 0 saturated carbocycles. The van der Waals surface area contributed by atoms with Crippen LogP contribution in [0.2, 0.25) is 5.02 Å². The number of carboxylic acid groups (broad SMARTS) is 1. The standard InChI is InChI=1S/C11H12BrClO2/c1-11(2,6-10(14)15)8-5-7(12)3-4-9(8)13/h3-5H,6H2,1-2H3,(H,14,15). The van der Waals surface area contributed by atoms with Crippen LogP contribution >= 0.6 is 27.5 Å². The zero-order valence-corrected chi connectivity index (χ0v) is 10.9. The molecule has 0 aromatic heterocycles. The highest BCUT2D eigenvalue weighted by Gasteiger charge is 2.26. The normalized spacial score (nSPS) is 11.5. The van der Waals surface area contributed by atoms with Crippen molar-refractivity contribution in [2.24, 2.45) is 0 Å². The zero-order valence-electron chi connectivity index (χ0n) is 8.55. The first-order chi connectivity index (χ1) is 6.83. The quantitative estimate of drug-likeness (QED) is 0.918. The van der Waals surface area contributed by atoms with Gasteiger partial charge in [0, 0.05) is 14.9 Å². The molecule has 0 fully saturated rings. The van der Waals surface area contributed by atoms with E-state index in [1.54, 1.807) is 6.07 Å². The second-order valence-corrected chi connectivity index (χ2v) is 5.40. The molecule has 1 rings (SSSR count). The van der Waals surface area contributed by atoms with Crippen LogP contribution in [0.25, 0.3) is 0 Å². The first-order valence-corrected chi connectivity index (χ1v) is 5.67. The smallest absolute Gasteiger partial charge is 0.304 e. The third kappa shape index (κ3) is 3.21. The fourth-order valence-corrected chi connectivity index (χ4v) is 2.22. The molecule has 0 heterocycles. The maximum atomic E-state index is 10.7. The molecule has 0 atom stereocenters. The molecule has 0 radical (unpaired) electrons. The van der Waals surface area contributed by atoms with Gasteiger partial charge in [-0.25, -0.2) is 0 Å². The first-order valence-electron chi connectivity index (χ1n) is 4.50. The Bertz CT molecular complexity index is 388. The summed E-state index contributed by atoms with van der Waals surface area (Å²) in [6.07, 6.45) is 0.0587. The van der Waals surface area contributed by atoms with Gasteiger partial charge in [0.1, 0.15) is 0 Å². The van der Waals surface area contributed by atoms with Crippen LogP contribution in [-0.4, -0.2) is 11.1 Å². The molecule has 15 heavy (non-hydrogen) atoms. The monoisotopic (exact) mass is 290 g/mol. The minimum absolute atomic E-state index is 0.0587. The van der Waals surface area contributed by atoms with Crippen molar-refractivity contribution in [3.05, 3.63) is 33.3 Å². The number of aliphatic carboxylic acids is 1. The molecule has 1 aromatic rings. The third-order valence-electron chi connectivity index (χ3n) is 2.25. The Kier molecular flexibility index (Phi) is 3.79. The van der Waals surface area contributed by atoms with Gasteiger partial charge in [-0.05, 0) is 23.8 Å². The SMILES string of the molecule is CC(C)(CC(=O)O)c1cc(Br)ccc1Cl. The van der Waals surface area contributed by atoms with E-state index >= 15 is 0 Å². The average Bonchev–Trinajstić information content (AvgIpc) is 2.06. The summed E-state index contributed by atoms with van der Waals surface area (Å²) in [5.41, 5.74) is 0.383. The Morgan fingerprint density at radius 2 is 2.13 bits per heavy atom. The second-order valence-electron chi connectivity index (χ2n) is 4.08. The molecule has 2 nitrogen and oxygen atoms in total. The van der Waals surface area contributed by atoms with E-state index in [-0.39, 0.29) is 6.42 Å². The van der Waals surface area contributed by atoms with Crippen LogP contribution in [0.15, 0.2) is 22.7 Å². The summed E-state index contributed by atoms with van der Waals surface area (Å²) in [5, 5.41) is 9.42. The Labute approximate surface area is 102 Å². The minimum Gasteiger partial charge on any atom is -0.481 e.